The van der Waals surface area contributed by atoms with Crippen molar-refractivity contribution in [1.82, 2.24) is 24.4 Å². The number of piperidine rings is 1. The van der Waals surface area contributed by atoms with Crippen LogP contribution in [0, 0.1) is 19.8 Å². The maximum Gasteiger partial charge on any atom is 0.138 e. The summed E-state index contributed by atoms with van der Waals surface area (Å²) in [5, 5.41) is 0. The molecule has 0 bridgehead atoms. The third kappa shape index (κ3) is 4.11. The molecule has 1 fully saturated rings. The van der Waals surface area contributed by atoms with Gasteiger partial charge < -0.3 is 14.5 Å². The van der Waals surface area contributed by atoms with Crippen molar-refractivity contribution in [2.45, 2.75) is 52.5 Å². The Labute approximate surface area is 184 Å². The molecule has 0 amide bonds. The number of hydrogen-bond donors (Lipinski definition) is 1. The molecule has 1 aliphatic heterocycles. The molecule has 5 nitrogen and oxygen atoms in total. The molecule has 0 unspecified atom stereocenters. The van der Waals surface area contributed by atoms with Crippen LogP contribution in [-0.2, 0) is 6.54 Å². The normalized spacial score (nSPS) is 16.0. The van der Waals surface area contributed by atoms with Gasteiger partial charge in [0.15, 0.2) is 0 Å². The number of imidazole rings is 2. The maximum absolute atomic E-state index is 4.87. The highest BCUT2D eigenvalue weighted by molar-refractivity contribution is 5.86. The number of nitrogens with one attached hydrogen (secondary N) is 1. The lowest BCUT2D eigenvalue weighted by atomic mass is 9.92. The van der Waals surface area contributed by atoms with E-state index in [9.17, 15) is 0 Å². The van der Waals surface area contributed by atoms with Crippen molar-refractivity contribution in [2.24, 2.45) is 5.92 Å². The summed E-state index contributed by atoms with van der Waals surface area (Å²) < 4.78 is 2.31. The van der Waals surface area contributed by atoms with Crippen molar-refractivity contribution in [3.8, 4) is 11.4 Å². The van der Waals surface area contributed by atoms with E-state index >= 15 is 0 Å². The summed E-state index contributed by atoms with van der Waals surface area (Å²) in [6.45, 7) is 7.86. The van der Waals surface area contributed by atoms with Crippen molar-refractivity contribution in [2.75, 3.05) is 20.1 Å². The van der Waals surface area contributed by atoms with Crippen LogP contribution in [0.4, 0.5) is 0 Å². The molecule has 2 aromatic carbocycles. The quantitative estimate of drug-likeness (QED) is 0.410. The molecule has 0 saturated carbocycles. The third-order valence-corrected chi connectivity index (χ3v) is 7.17. The second-order valence-electron chi connectivity index (χ2n) is 9.37. The first-order valence-corrected chi connectivity index (χ1v) is 11.7. The topological polar surface area (TPSA) is 49.7 Å². The Bertz CT molecular complexity index is 1190. The predicted octanol–water partition coefficient (Wildman–Crippen LogP) is 5.71. The van der Waals surface area contributed by atoms with E-state index in [4.69, 9.17) is 4.98 Å². The molecule has 0 atom stereocenters. The van der Waals surface area contributed by atoms with Crippen molar-refractivity contribution >= 4 is 22.1 Å². The fourth-order valence-corrected chi connectivity index (χ4v) is 4.91. The Balaban J connectivity index is 1.26. The third-order valence-electron chi connectivity index (χ3n) is 7.17. The molecule has 0 aliphatic carbocycles. The summed E-state index contributed by atoms with van der Waals surface area (Å²) in [5.74, 6) is 1.84. The van der Waals surface area contributed by atoms with Crippen LogP contribution in [0.3, 0.4) is 0 Å². The Morgan fingerprint density at radius 1 is 1.06 bits per heavy atom. The summed E-state index contributed by atoms with van der Waals surface area (Å²) in [7, 11) is 2.24. The van der Waals surface area contributed by atoms with Gasteiger partial charge in [0.2, 0.25) is 0 Å². The highest BCUT2D eigenvalue weighted by Crippen LogP contribution is 2.27. The zero-order valence-corrected chi connectivity index (χ0v) is 19.0. The van der Waals surface area contributed by atoms with Crippen molar-refractivity contribution in [3.05, 3.63) is 47.8 Å². The van der Waals surface area contributed by atoms with Gasteiger partial charge in [0.25, 0.3) is 0 Å². The van der Waals surface area contributed by atoms with E-state index in [2.05, 4.69) is 70.7 Å². The number of rotatable bonds is 6. The summed E-state index contributed by atoms with van der Waals surface area (Å²) in [4.78, 5) is 15.5. The first-order valence-electron chi connectivity index (χ1n) is 11.7. The van der Waals surface area contributed by atoms with Gasteiger partial charge in [-0.05, 0) is 94.6 Å². The van der Waals surface area contributed by atoms with Gasteiger partial charge in [-0.25, -0.2) is 9.97 Å². The summed E-state index contributed by atoms with van der Waals surface area (Å²) in [6, 6.07) is 10.8. The Morgan fingerprint density at radius 2 is 1.90 bits per heavy atom. The number of fused-ring (bicyclic) bond motifs is 2. The highest BCUT2D eigenvalue weighted by atomic mass is 15.1. The predicted molar refractivity (Wildman–Crippen MR) is 128 cm³/mol. The number of unbranched alkanes of at least 4 members (excludes halogenated alkanes) is 1. The van der Waals surface area contributed by atoms with Crippen LogP contribution in [0.15, 0.2) is 36.7 Å². The molecule has 2 aromatic heterocycles. The Kier molecular flexibility index (Phi) is 5.53. The smallest absolute Gasteiger partial charge is 0.138 e. The zero-order chi connectivity index (χ0) is 21.4. The van der Waals surface area contributed by atoms with Crippen LogP contribution in [-0.4, -0.2) is 44.6 Å². The van der Waals surface area contributed by atoms with Gasteiger partial charge >= 0.3 is 0 Å². The number of benzene rings is 2. The average Bonchev–Trinajstić information content (AvgIpc) is 3.39. The largest absolute Gasteiger partial charge is 0.338 e. The molecule has 162 valence electrons. The molecular formula is C26H33N5. The number of aromatic nitrogens is 4. The van der Waals surface area contributed by atoms with Crippen LogP contribution >= 0.6 is 0 Å². The molecule has 5 heteroatoms. The lowest BCUT2D eigenvalue weighted by molar-refractivity contribution is 0.209. The second-order valence-corrected chi connectivity index (χ2v) is 9.37. The summed E-state index contributed by atoms with van der Waals surface area (Å²) in [6.07, 6.45) is 8.64. The first kappa shape index (κ1) is 20.3. The molecule has 0 spiro atoms. The SMILES string of the molecule is Cc1ccc2[nH]c(-c3ccc4c(c3)ncn4CCCCC3CCN(C)CC3)nc2c1C. The van der Waals surface area contributed by atoms with Crippen LogP contribution in [0.5, 0.6) is 0 Å². The molecule has 0 radical (unpaired) electrons. The van der Waals surface area contributed by atoms with Gasteiger partial charge in [0.1, 0.15) is 5.82 Å². The fraction of sp³-hybridized carbons (Fsp3) is 0.462. The summed E-state index contributed by atoms with van der Waals surface area (Å²) >= 11 is 0. The number of hydrogen-bond acceptors (Lipinski definition) is 3. The molecular weight excluding hydrogens is 382 g/mol. The lowest BCUT2D eigenvalue weighted by Crippen LogP contribution is -2.30. The highest BCUT2D eigenvalue weighted by Gasteiger charge is 2.16. The molecule has 5 rings (SSSR count). The lowest BCUT2D eigenvalue weighted by Gasteiger charge is -2.28. The standard InChI is InChI=1S/C26H33N5/c1-18-7-9-22-25(19(18)2)29-26(28-22)21-8-10-24-23(16-21)27-17-31(24)13-5-4-6-20-11-14-30(3)15-12-20/h7-10,16-17,20H,4-6,11-15H2,1-3H3,(H,28,29). The minimum atomic E-state index is 0.915. The van der Waals surface area contributed by atoms with Crippen LogP contribution in [0.1, 0.15) is 43.2 Å². The molecule has 31 heavy (non-hydrogen) atoms. The van der Waals surface area contributed by atoms with Crippen molar-refractivity contribution in [3.63, 3.8) is 0 Å². The Morgan fingerprint density at radius 3 is 2.74 bits per heavy atom. The number of likely N-dealkylation sites (tertiary alicyclic amines) is 1. The van der Waals surface area contributed by atoms with Gasteiger partial charge in [-0.15, -0.1) is 0 Å². The molecule has 3 heterocycles. The van der Waals surface area contributed by atoms with Gasteiger partial charge in [0.05, 0.1) is 28.4 Å². The van der Waals surface area contributed by atoms with Gasteiger partial charge in [-0.1, -0.05) is 18.9 Å². The Hall–Kier alpha value is -2.66. The first-order chi connectivity index (χ1) is 15.1. The van der Waals surface area contributed by atoms with E-state index in [1.54, 1.807) is 0 Å². The summed E-state index contributed by atoms with van der Waals surface area (Å²) in [5.41, 5.74) is 8.01. The van der Waals surface area contributed by atoms with Crippen LogP contribution in [0.2, 0.25) is 0 Å². The molecule has 1 N–H and O–H groups in total. The number of nitrogens with zero attached hydrogens (tertiary/aromatic N) is 4. The second kappa shape index (κ2) is 8.46. The number of H-pyrrole nitrogens is 1. The van der Waals surface area contributed by atoms with Crippen LogP contribution in [0.25, 0.3) is 33.5 Å². The van der Waals surface area contributed by atoms with Crippen LogP contribution < -0.4 is 0 Å². The van der Waals surface area contributed by atoms with Gasteiger partial charge in [-0.3, -0.25) is 0 Å². The molecule has 1 aliphatic rings. The maximum atomic E-state index is 4.87. The monoisotopic (exact) mass is 415 g/mol. The fourth-order valence-electron chi connectivity index (χ4n) is 4.91. The minimum Gasteiger partial charge on any atom is -0.338 e. The minimum absolute atomic E-state index is 0.915. The van der Waals surface area contributed by atoms with E-state index in [1.807, 2.05) is 6.33 Å². The van der Waals surface area contributed by atoms with Crippen molar-refractivity contribution < 1.29 is 0 Å². The number of aromatic amines is 1. The van der Waals surface area contributed by atoms with Crippen molar-refractivity contribution in [1.29, 1.82) is 0 Å². The van der Waals surface area contributed by atoms with E-state index in [-0.39, 0.29) is 0 Å². The zero-order valence-electron chi connectivity index (χ0n) is 19.0. The van der Waals surface area contributed by atoms with Gasteiger partial charge in [-0.2, -0.15) is 0 Å². The van der Waals surface area contributed by atoms with Gasteiger partial charge in [0, 0.05) is 12.1 Å². The van der Waals surface area contributed by atoms with E-state index in [0.29, 0.717) is 0 Å². The molecule has 4 aromatic rings. The van der Waals surface area contributed by atoms with E-state index < -0.39 is 0 Å². The number of aryl methyl sites for hydroxylation is 3. The molecule has 1 saturated heterocycles. The average molecular weight is 416 g/mol. The van der Waals surface area contributed by atoms with E-state index in [0.717, 1.165) is 40.4 Å². The van der Waals surface area contributed by atoms with E-state index in [1.165, 1.54) is 61.8 Å².